The monoisotopic (exact) mass is 393 g/mol. The van der Waals surface area contributed by atoms with Gasteiger partial charge in [-0.25, -0.2) is 4.79 Å². The van der Waals surface area contributed by atoms with Crippen LogP contribution in [0.25, 0.3) is 0 Å². The minimum Gasteiger partial charge on any atom is -0.493 e. The van der Waals surface area contributed by atoms with E-state index in [4.69, 9.17) is 14.2 Å². The lowest BCUT2D eigenvalue weighted by molar-refractivity contribution is -0.121. The summed E-state index contributed by atoms with van der Waals surface area (Å²) in [6.07, 6.45) is 1.90. The summed E-state index contributed by atoms with van der Waals surface area (Å²) in [6, 6.07) is 5.90. The predicted molar refractivity (Wildman–Crippen MR) is 106 cm³/mol. The van der Waals surface area contributed by atoms with Crippen LogP contribution in [0.3, 0.4) is 0 Å². The van der Waals surface area contributed by atoms with E-state index in [-0.39, 0.29) is 12.0 Å². The molecule has 8 heteroatoms. The lowest BCUT2D eigenvalue weighted by Crippen LogP contribution is -2.45. The van der Waals surface area contributed by atoms with Crippen molar-refractivity contribution in [3.8, 4) is 11.5 Å². The molecule has 0 aliphatic carbocycles. The number of benzene rings is 1. The fourth-order valence-electron chi connectivity index (χ4n) is 3.15. The molecular formula is C20H31N3O5. The van der Waals surface area contributed by atoms with Crippen molar-refractivity contribution < 1.29 is 23.8 Å². The quantitative estimate of drug-likeness (QED) is 0.666. The number of ether oxygens (including phenoxy) is 3. The first-order chi connectivity index (χ1) is 13.6. The third kappa shape index (κ3) is 6.60. The van der Waals surface area contributed by atoms with E-state index in [1.165, 1.54) is 0 Å². The molecule has 0 radical (unpaired) electrons. The van der Waals surface area contributed by atoms with E-state index in [1.54, 1.807) is 19.1 Å². The highest BCUT2D eigenvalue weighted by molar-refractivity contribution is 5.76. The van der Waals surface area contributed by atoms with Crippen LogP contribution in [0.5, 0.6) is 11.5 Å². The van der Waals surface area contributed by atoms with Crippen LogP contribution in [0.1, 0.15) is 31.7 Å². The number of hydrogen-bond donors (Lipinski definition) is 2. The molecule has 2 N–H and O–H groups in total. The first kappa shape index (κ1) is 21.8. The second kappa shape index (κ2) is 11.4. The Labute approximate surface area is 166 Å². The first-order valence-electron chi connectivity index (χ1n) is 9.70. The van der Waals surface area contributed by atoms with Crippen molar-refractivity contribution in [1.82, 2.24) is 15.5 Å². The first-order valence-corrected chi connectivity index (χ1v) is 9.70. The van der Waals surface area contributed by atoms with Gasteiger partial charge in [-0.2, -0.15) is 0 Å². The summed E-state index contributed by atoms with van der Waals surface area (Å²) in [7, 11) is 3.18. The lowest BCUT2D eigenvalue weighted by Gasteiger charge is -2.31. The third-order valence-corrected chi connectivity index (χ3v) is 4.74. The molecule has 1 heterocycles. The minimum atomic E-state index is -0.240. The van der Waals surface area contributed by atoms with Gasteiger partial charge in [0.2, 0.25) is 5.91 Å². The molecule has 0 saturated carbocycles. The summed E-state index contributed by atoms with van der Waals surface area (Å²) in [5, 5.41) is 6.32. The highest BCUT2D eigenvalue weighted by Crippen LogP contribution is 2.27. The molecule has 1 aromatic carbocycles. The van der Waals surface area contributed by atoms with Gasteiger partial charge >= 0.3 is 6.09 Å². The van der Waals surface area contributed by atoms with Crippen LogP contribution in [0.4, 0.5) is 4.79 Å². The van der Waals surface area contributed by atoms with Gasteiger partial charge in [-0.05, 0) is 37.5 Å². The fraction of sp³-hybridized carbons (Fsp3) is 0.600. The number of carbonyl (C=O) groups excluding carboxylic acids is 2. The number of hydrogen-bond acceptors (Lipinski definition) is 6. The molecular weight excluding hydrogens is 362 g/mol. The zero-order valence-electron chi connectivity index (χ0n) is 17.0. The second-order valence-electron chi connectivity index (χ2n) is 6.63. The van der Waals surface area contributed by atoms with E-state index < -0.39 is 0 Å². The van der Waals surface area contributed by atoms with Crippen molar-refractivity contribution in [3.63, 3.8) is 0 Å². The minimum absolute atomic E-state index is 0.00811. The maximum Gasteiger partial charge on any atom is 0.409 e. The molecule has 0 aromatic heterocycles. The number of piperidine rings is 1. The number of carbonyl (C=O) groups is 2. The molecule has 2 rings (SSSR count). The van der Waals surface area contributed by atoms with Gasteiger partial charge in [0.15, 0.2) is 11.5 Å². The molecule has 1 aromatic rings. The molecule has 1 fully saturated rings. The Morgan fingerprint density at radius 1 is 1.14 bits per heavy atom. The van der Waals surface area contributed by atoms with Crippen molar-refractivity contribution in [2.45, 2.75) is 38.8 Å². The van der Waals surface area contributed by atoms with Gasteiger partial charge in [0.05, 0.1) is 20.8 Å². The van der Waals surface area contributed by atoms with Gasteiger partial charge in [0, 0.05) is 38.6 Å². The molecule has 0 atom stereocenters. The summed E-state index contributed by atoms with van der Waals surface area (Å²) in [5.41, 5.74) is 0.949. The molecule has 0 spiro atoms. The van der Waals surface area contributed by atoms with E-state index in [2.05, 4.69) is 10.6 Å². The van der Waals surface area contributed by atoms with Crippen LogP contribution in [-0.2, 0) is 16.1 Å². The van der Waals surface area contributed by atoms with Gasteiger partial charge in [0.1, 0.15) is 0 Å². The van der Waals surface area contributed by atoms with Gasteiger partial charge in [-0.3, -0.25) is 4.79 Å². The Bertz CT molecular complexity index is 645. The Morgan fingerprint density at radius 3 is 2.50 bits per heavy atom. The van der Waals surface area contributed by atoms with Crippen LogP contribution < -0.4 is 20.1 Å². The Balaban J connectivity index is 1.64. The molecule has 156 valence electrons. The largest absolute Gasteiger partial charge is 0.493 e. The van der Waals surface area contributed by atoms with Crippen LogP contribution in [0, 0.1) is 0 Å². The smallest absolute Gasteiger partial charge is 0.409 e. The summed E-state index contributed by atoms with van der Waals surface area (Å²) in [4.78, 5) is 25.5. The maximum atomic E-state index is 12.1. The number of likely N-dealkylation sites (tertiary alicyclic amines) is 1. The molecule has 0 unspecified atom stereocenters. The van der Waals surface area contributed by atoms with E-state index in [0.29, 0.717) is 56.7 Å². The van der Waals surface area contributed by atoms with Crippen molar-refractivity contribution in [3.05, 3.63) is 23.8 Å². The summed E-state index contributed by atoms with van der Waals surface area (Å²) in [5.74, 6) is 1.30. The predicted octanol–water partition coefficient (Wildman–Crippen LogP) is 1.92. The molecule has 0 bridgehead atoms. The summed E-state index contributed by atoms with van der Waals surface area (Å²) in [6.45, 7) is 4.63. The van der Waals surface area contributed by atoms with E-state index in [1.807, 2.05) is 25.1 Å². The Kier molecular flexibility index (Phi) is 8.87. The van der Waals surface area contributed by atoms with Crippen molar-refractivity contribution in [1.29, 1.82) is 0 Å². The normalized spacial score (nSPS) is 14.5. The summed E-state index contributed by atoms with van der Waals surface area (Å²) >= 11 is 0. The third-order valence-electron chi connectivity index (χ3n) is 4.74. The van der Waals surface area contributed by atoms with E-state index in [0.717, 1.165) is 18.4 Å². The van der Waals surface area contributed by atoms with Crippen LogP contribution in [0.15, 0.2) is 18.2 Å². The number of methoxy groups -OCH3 is 2. The summed E-state index contributed by atoms with van der Waals surface area (Å²) < 4.78 is 15.5. The van der Waals surface area contributed by atoms with Crippen LogP contribution in [-0.4, -0.2) is 63.4 Å². The molecule has 1 saturated heterocycles. The molecule has 1 aliphatic heterocycles. The fourth-order valence-corrected chi connectivity index (χ4v) is 3.15. The van der Waals surface area contributed by atoms with Crippen LogP contribution in [0.2, 0.25) is 0 Å². The second-order valence-corrected chi connectivity index (χ2v) is 6.63. The molecule has 2 amide bonds. The average molecular weight is 393 g/mol. The highest BCUT2D eigenvalue weighted by atomic mass is 16.6. The topological polar surface area (TPSA) is 89.1 Å². The number of amides is 2. The zero-order chi connectivity index (χ0) is 20.4. The van der Waals surface area contributed by atoms with Gasteiger partial charge < -0.3 is 29.7 Å². The average Bonchev–Trinajstić information content (AvgIpc) is 2.72. The lowest BCUT2D eigenvalue weighted by atomic mass is 10.1. The number of nitrogens with one attached hydrogen (secondary N) is 2. The van der Waals surface area contributed by atoms with E-state index in [9.17, 15) is 9.59 Å². The zero-order valence-corrected chi connectivity index (χ0v) is 17.0. The molecule has 1 aliphatic rings. The standard InChI is InChI=1S/C20H31N3O5/c1-4-28-20(25)23-11-8-16(9-12-23)21-10-7-19(24)22-14-15-5-6-17(26-2)18(13-15)27-3/h5-6,13,16,21H,4,7-12,14H2,1-3H3,(H,22,24). The maximum absolute atomic E-state index is 12.1. The van der Waals surface area contributed by atoms with Gasteiger partial charge in [-0.15, -0.1) is 0 Å². The van der Waals surface area contributed by atoms with Crippen molar-refractivity contribution in [2.75, 3.05) is 40.5 Å². The van der Waals surface area contributed by atoms with Crippen LogP contribution >= 0.6 is 0 Å². The van der Waals surface area contributed by atoms with Gasteiger partial charge in [-0.1, -0.05) is 6.07 Å². The highest BCUT2D eigenvalue weighted by Gasteiger charge is 2.23. The number of nitrogens with zero attached hydrogens (tertiary/aromatic N) is 1. The Morgan fingerprint density at radius 2 is 1.86 bits per heavy atom. The van der Waals surface area contributed by atoms with Crippen molar-refractivity contribution >= 4 is 12.0 Å². The van der Waals surface area contributed by atoms with Crippen molar-refractivity contribution in [2.24, 2.45) is 0 Å². The molecule has 28 heavy (non-hydrogen) atoms. The van der Waals surface area contributed by atoms with E-state index >= 15 is 0 Å². The molecule has 8 nitrogen and oxygen atoms in total. The number of rotatable bonds is 9. The van der Waals surface area contributed by atoms with Gasteiger partial charge in [0.25, 0.3) is 0 Å². The Hall–Kier alpha value is -2.48. The SMILES string of the molecule is CCOC(=O)N1CCC(NCCC(=O)NCc2ccc(OC)c(OC)c2)CC1.